The molecule has 1 heterocycles. The van der Waals surface area contributed by atoms with Crippen LogP contribution in [0.25, 0.3) is 0 Å². The standard InChI is InChI=1S/C16H17NO4/c1-2-12-8-9-14(21-12)16(20)17-13-6-4-3-5-11(13)7-10-15(18)19/h3-6,8-9H,2,7,10H2,1H3,(H,17,20)(H,18,19). The summed E-state index contributed by atoms with van der Waals surface area (Å²) in [5.74, 6) is -0.202. The minimum atomic E-state index is -0.866. The number of aryl methyl sites for hydroxylation is 2. The van der Waals surface area contributed by atoms with Crippen LogP contribution in [0.2, 0.25) is 0 Å². The summed E-state index contributed by atoms with van der Waals surface area (Å²) in [6.07, 6.45) is 1.11. The first-order chi connectivity index (χ1) is 10.1. The maximum absolute atomic E-state index is 12.1. The number of carboxylic acids is 1. The van der Waals surface area contributed by atoms with Gasteiger partial charge in [-0.15, -0.1) is 0 Å². The molecule has 2 aromatic rings. The average Bonchev–Trinajstić information content (AvgIpc) is 2.95. The van der Waals surface area contributed by atoms with Crippen molar-refractivity contribution in [1.82, 2.24) is 0 Å². The van der Waals surface area contributed by atoms with E-state index in [0.717, 1.165) is 17.7 Å². The molecule has 0 aliphatic heterocycles. The number of carboxylic acid groups (broad SMARTS) is 1. The Bertz CT molecular complexity index is 645. The van der Waals surface area contributed by atoms with Crippen LogP contribution in [0.5, 0.6) is 0 Å². The second kappa shape index (κ2) is 6.74. The number of anilines is 1. The quantitative estimate of drug-likeness (QED) is 0.855. The van der Waals surface area contributed by atoms with Gasteiger partial charge in [0.05, 0.1) is 0 Å². The van der Waals surface area contributed by atoms with Crippen molar-refractivity contribution in [2.45, 2.75) is 26.2 Å². The number of benzene rings is 1. The molecule has 2 rings (SSSR count). The van der Waals surface area contributed by atoms with Crippen molar-refractivity contribution >= 4 is 17.6 Å². The van der Waals surface area contributed by atoms with Gasteiger partial charge in [-0.2, -0.15) is 0 Å². The van der Waals surface area contributed by atoms with Crippen LogP contribution >= 0.6 is 0 Å². The van der Waals surface area contributed by atoms with Crippen molar-refractivity contribution in [3.05, 3.63) is 53.5 Å². The van der Waals surface area contributed by atoms with E-state index < -0.39 is 5.97 Å². The molecule has 0 aliphatic rings. The fourth-order valence-electron chi connectivity index (χ4n) is 1.98. The molecule has 0 fully saturated rings. The Morgan fingerprint density at radius 3 is 2.62 bits per heavy atom. The van der Waals surface area contributed by atoms with Crippen molar-refractivity contribution in [3.8, 4) is 0 Å². The number of hydrogen-bond donors (Lipinski definition) is 2. The number of carbonyl (C=O) groups is 2. The monoisotopic (exact) mass is 287 g/mol. The second-order valence-electron chi connectivity index (χ2n) is 4.62. The SMILES string of the molecule is CCc1ccc(C(=O)Nc2ccccc2CCC(=O)O)o1. The lowest BCUT2D eigenvalue weighted by Crippen LogP contribution is -2.13. The molecule has 5 nitrogen and oxygen atoms in total. The molecule has 0 spiro atoms. The highest BCUT2D eigenvalue weighted by atomic mass is 16.4. The van der Waals surface area contributed by atoms with E-state index in [9.17, 15) is 9.59 Å². The maximum atomic E-state index is 12.1. The molecule has 2 N–H and O–H groups in total. The third-order valence-corrected chi connectivity index (χ3v) is 3.11. The lowest BCUT2D eigenvalue weighted by Gasteiger charge is -2.09. The molecule has 1 amide bonds. The first-order valence-corrected chi connectivity index (χ1v) is 6.80. The number of amides is 1. The van der Waals surface area contributed by atoms with E-state index in [1.54, 1.807) is 30.3 Å². The molecule has 0 bridgehead atoms. The molecular weight excluding hydrogens is 270 g/mol. The first kappa shape index (κ1) is 14.8. The molecule has 0 saturated heterocycles. The van der Waals surface area contributed by atoms with Gasteiger partial charge < -0.3 is 14.8 Å². The van der Waals surface area contributed by atoms with Crippen LogP contribution in [0, 0.1) is 0 Å². The molecule has 0 aliphatic carbocycles. The Morgan fingerprint density at radius 2 is 1.95 bits per heavy atom. The van der Waals surface area contributed by atoms with E-state index in [0.29, 0.717) is 12.1 Å². The van der Waals surface area contributed by atoms with Crippen LogP contribution < -0.4 is 5.32 Å². The molecular formula is C16H17NO4. The lowest BCUT2D eigenvalue weighted by atomic mass is 10.1. The van der Waals surface area contributed by atoms with Crippen LogP contribution in [0.15, 0.2) is 40.8 Å². The third-order valence-electron chi connectivity index (χ3n) is 3.11. The molecule has 5 heteroatoms. The topological polar surface area (TPSA) is 79.5 Å². The van der Waals surface area contributed by atoms with E-state index in [4.69, 9.17) is 9.52 Å². The predicted octanol–water partition coefficient (Wildman–Crippen LogP) is 3.11. The highest BCUT2D eigenvalue weighted by Crippen LogP contribution is 2.18. The van der Waals surface area contributed by atoms with Crippen molar-refractivity contribution in [3.63, 3.8) is 0 Å². The van der Waals surface area contributed by atoms with Gasteiger partial charge in [0.1, 0.15) is 5.76 Å². The molecule has 1 aromatic heterocycles. The van der Waals surface area contributed by atoms with Crippen LogP contribution in [-0.4, -0.2) is 17.0 Å². The molecule has 21 heavy (non-hydrogen) atoms. The van der Waals surface area contributed by atoms with Gasteiger partial charge in [0.25, 0.3) is 5.91 Å². The zero-order valence-electron chi connectivity index (χ0n) is 11.8. The summed E-state index contributed by atoms with van der Waals surface area (Å²) in [7, 11) is 0. The Balaban J connectivity index is 2.11. The average molecular weight is 287 g/mol. The number of nitrogens with one attached hydrogen (secondary N) is 1. The minimum Gasteiger partial charge on any atom is -0.481 e. The molecule has 0 saturated carbocycles. The van der Waals surface area contributed by atoms with Crippen LogP contribution in [0.1, 0.15) is 35.2 Å². The smallest absolute Gasteiger partial charge is 0.303 e. The van der Waals surface area contributed by atoms with E-state index >= 15 is 0 Å². The number of rotatable bonds is 6. The van der Waals surface area contributed by atoms with Gasteiger partial charge in [-0.1, -0.05) is 25.1 Å². The summed E-state index contributed by atoms with van der Waals surface area (Å²) in [4.78, 5) is 22.8. The summed E-state index contributed by atoms with van der Waals surface area (Å²) in [6.45, 7) is 1.95. The van der Waals surface area contributed by atoms with Gasteiger partial charge in [-0.3, -0.25) is 9.59 Å². The summed E-state index contributed by atoms with van der Waals surface area (Å²) in [6, 6.07) is 10.6. The zero-order valence-corrected chi connectivity index (χ0v) is 11.8. The summed E-state index contributed by atoms with van der Waals surface area (Å²) < 4.78 is 5.40. The largest absolute Gasteiger partial charge is 0.481 e. The van der Waals surface area contributed by atoms with Gasteiger partial charge in [0.2, 0.25) is 0 Å². The third kappa shape index (κ3) is 3.95. The summed E-state index contributed by atoms with van der Waals surface area (Å²) >= 11 is 0. The first-order valence-electron chi connectivity index (χ1n) is 6.80. The highest BCUT2D eigenvalue weighted by molar-refractivity contribution is 6.02. The molecule has 0 radical (unpaired) electrons. The maximum Gasteiger partial charge on any atom is 0.303 e. The fraction of sp³-hybridized carbons (Fsp3) is 0.250. The van der Waals surface area contributed by atoms with Crippen molar-refractivity contribution in [1.29, 1.82) is 0 Å². The number of hydrogen-bond acceptors (Lipinski definition) is 3. The molecule has 110 valence electrons. The van der Waals surface area contributed by atoms with E-state index in [2.05, 4.69) is 5.32 Å². The fourth-order valence-corrected chi connectivity index (χ4v) is 1.98. The summed E-state index contributed by atoms with van der Waals surface area (Å²) in [5, 5.41) is 11.5. The number of carbonyl (C=O) groups excluding carboxylic acids is 1. The van der Waals surface area contributed by atoms with Crippen LogP contribution in [0.4, 0.5) is 5.69 Å². The molecule has 0 unspecified atom stereocenters. The van der Waals surface area contributed by atoms with Crippen LogP contribution in [-0.2, 0) is 17.6 Å². The number of para-hydroxylation sites is 1. The summed E-state index contributed by atoms with van der Waals surface area (Å²) in [5.41, 5.74) is 1.40. The van der Waals surface area contributed by atoms with Crippen molar-refractivity contribution in [2.24, 2.45) is 0 Å². The normalized spacial score (nSPS) is 10.3. The Hall–Kier alpha value is -2.56. The van der Waals surface area contributed by atoms with Crippen molar-refractivity contribution in [2.75, 3.05) is 5.32 Å². The predicted molar refractivity (Wildman–Crippen MR) is 78.4 cm³/mol. The lowest BCUT2D eigenvalue weighted by molar-refractivity contribution is -0.136. The highest BCUT2D eigenvalue weighted by Gasteiger charge is 2.13. The van der Waals surface area contributed by atoms with Gasteiger partial charge in [-0.25, -0.2) is 0 Å². The Kier molecular flexibility index (Phi) is 4.77. The van der Waals surface area contributed by atoms with E-state index in [1.807, 2.05) is 13.0 Å². The van der Waals surface area contributed by atoms with E-state index in [1.165, 1.54) is 0 Å². The Labute approximate surface area is 122 Å². The van der Waals surface area contributed by atoms with Gasteiger partial charge in [0, 0.05) is 18.5 Å². The second-order valence-corrected chi connectivity index (χ2v) is 4.62. The van der Waals surface area contributed by atoms with Gasteiger partial charge >= 0.3 is 5.97 Å². The van der Waals surface area contributed by atoms with Crippen LogP contribution in [0.3, 0.4) is 0 Å². The number of furan rings is 1. The van der Waals surface area contributed by atoms with E-state index in [-0.39, 0.29) is 18.1 Å². The zero-order chi connectivity index (χ0) is 15.2. The van der Waals surface area contributed by atoms with Gasteiger partial charge in [0.15, 0.2) is 5.76 Å². The number of aliphatic carboxylic acids is 1. The molecule has 1 aromatic carbocycles. The molecule has 0 atom stereocenters. The minimum absolute atomic E-state index is 0.0214. The van der Waals surface area contributed by atoms with Crippen molar-refractivity contribution < 1.29 is 19.1 Å². The van der Waals surface area contributed by atoms with Gasteiger partial charge in [-0.05, 0) is 30.2 Å². The Morgan fingerprint density at radius 1 is 1.19 bits per heavy atom.